The number of sulfonamides is 1. The number of unbranched alkanes of at least 4 members (excludes halogenated alkanes) is 3. The average Bonchev–Trinajstić information content (AvgIpc) is 2.34. The highest BCUT2D eigenvalue weighted by Gasteiger charge is 2.14. The van der Waals surface area contributed by atoms with Gasteiger partial charge in [-0.15, -0.1) is 0 Å². The Labute approximate surface area is 113 Å². The average molecular weight is 287 g/mol. The van der Waals surface area contributed by atoms with Crippen LogP contribution in [0, 0.1) is 0 Å². The predicted molar refractivity (Wildman–Crippen MR) is 76.3 cm³/mol. The summed E-state index contributed by atoms with van der Waals surface area (Å²) in [4.78, 5) is -0.0576. The summed E-state index contributed by atoms with van der Waals surface area (Å²) < 4.78 is 22.6. The molecule has 0 saturated heterocycles. The van der Waals surface area contributed by atoms with E-state index in [4.69, 9.17) is 16.0 Å². The van der Waals surface area contributed by atoms with Gasteiger partial charge in [0.2, 0.25) is 10.0 Å². The van der Waals surface area contributed by atoms with Gasteiger partial charge in [-0.25, -0.2) is 13.6 Å². The Morgan fingerprint density at radius 3 is 2.47 bits per heavy atom. The van der Waals surface area contributed by atoms with E-state index in [1.807, 2.05) is 0 Å². The lowest BCUT2D eigenvalue weighted by Crippen LogP contribution is -2.15. The van der Waals surface area contributed by atoms with Crippen LogP contribution >= 0.6 is 0 Å². The van der Waals surface area contributed by atoms with E-state index < -0.39 is 10.0 Å². The fourth-order valence-corrected chi connectivity index (χ4v) is 2.44. The maximum Gasteiger partial charge on any atom is 0.240 e. The van der Waals surface area contributed by atoms with E-state index in [0.717, 1.165) is 25.7 Å². The second-order valence-corrected chi connectivity index (χ2v) is 5.86. The highest BCUT2D eigenvalue weighted by Crippen LogP contribution is 2.25. The van der Waals surface area contributed by atoms with Gasteiger partial charge in [-0.05, 0) is 25.0 Å². The summed E-state index contributed by atoms with van der Waals surface area (Å²) in [6, 6.07) is 4.71. The molecule has 0 aliphatic rings. The molecule has 0 bridgehead atoms. The fraction of sp³-hybridized carbons (Fsp3) is 0.500. The first kappa shape index (κ1) is 15.7. The molecule has 0 fully saturated rings. The predicted octanol–water partition coefficient (Wildman–Crippen LogP) is 0.881. The molecule has 6 nitrogen and oxygen atoms in total. The minimum absolute atomic E-state index is 0.0576. The van der Waals surface area contributed by atoms with Crippen LogP contribution in [0.15, 0.2) is 23.1 Å². The van der Waals surface area contributed by atoms with Crippen LogP contribution in [-0.4, -0.2) is 26.7 Å². The molecule has 19 heavy (non-hydrogen) atoms. The standard InChI is InChI=1S/C12H21N3O3S/c13-12-10(15-8-3-1-2-4-9-16)6-5-7-11(12)19(14,17)18/h5-7,15-16H,1-4,8-9,13H2,(H2,14,17,18). The number of hydrogen-bond donors (Lipinski definition) is 4. The van der Waals surface area contributed by atoms with Crippen molar-refractivity contribution in [2.75, 3.05) is 24.2 Å². The van der Waals surface area contributed by atoms with E-state index >= 15 is 0 Å². The number of benzene rings is 1. The smallest absolute Gasteiger partial charge is 0.240 e. The summed E-state index contributed by atoms with van der Waals surface area (Å²) in [6.45, 7) is 0.917. The van der Waals surface area contributed by atoms with Crippen molar-refractivity contribution in [3.63, 3.8) is 0 Å². The first-order valence-corrected chi connectivity index (χ1v) is 7.77. The van der Waals surface area contributed by atoms with Crippen molar-refractivity contribution in [1.82, 2.24) is 0 Å². The van der Waals surface area contributed by atoms with Gasteiger partial charge >= 0.3 is 0 Å². The van der Waals surface area contributed by atoms with E-state index in [1.54, 1.807) is 12.1 Å². The molecule has 108 valence electrons. The van der Waals surface area contributed by atoms with Crippen molar-refractivity contribution in [3.8, 4) is 0 Å². The molecule has 0 spiro atoms. The summed E-state index contributed by atoms with van der Waals surface area (Å²) in [5.74, 6) is 0. The van der Waals surface area contributed by atoms with Gasteiger partial charge in [0, 0.05) is 13.2 Å². The number of aliphatic hydroxyl groups excluding tert-OH is 1. The van der Waals surface area contributed by atoms with E-state index in [9.17, 15) is 8.42 Å². The quantitative estimate of drug-likeness (QED) is 0.418. The van der Waals surface area contributed by atoms with Crippen LogP contribution < -0.4 is 16.2 Å². The molecule has 0 aromatic heterocycles. The lowest BCUT2D eigenvalue weighted by Gasteiger charge is -2.11. The van der Waals surface area contributed by atoms with Crippen LogP contribution in [0.25, 0.3) is 0 Å². The Morgan fingerprint density at radius 2 is 1.84 bits per heavy atom. The zero-order valence-electron chi connectivity index (χ0n) is 10.8. The van der Waals surface area contributed by atoms with Crippen molar-refractivity contribution in [3.05, 3.63) is 18.2 Å². The second kappa shape index (κ2) is 7.32. The topological polar surface area (TPSA) is 118 Å². The summed E-state index contributed by atoms with van der Waals surface area (Å²) in [6.07, 6.45) is 3.72. The third kappa shape index (κ3) is 5.06. The maximum atomic E-state index is 11.3. The lowest BCUT2D eigenvalue weighted by atomic mass is 10.2. The van der Waals surface area contributed by atoms with Crippen LogP contribution in [-0.2, 0) is 10.0 Å². The molecule has 0 atom stereocenters. The van der Waals surface area contributed by atoms with Crippen LogP contribution in [0.1, 0.15) is 25.7 Å². The fourth-order valence-electron chi connectivity index (χ4n) is 1.76. The summed E-state index contributed by atoms with van der Waals surface area (Å²) >= 11 is 0. The van der Waals surface area contributed by atoms with Crippen molar-refractivity contribution in [2.45, 2.75) is 30.6 Å². The van der Waals surface area contributed by atoms with E-state index in [2.05, 4.69) is 5.32 Å². The van der Waals surface area contributed by atoms with Gasteiger partial charge < -0.3 is 16.2 Å². The van der Waals surface area contributed by atoms with Gasteiger partial charge in [-0.3, -0.25) is 0 Å². The van der Waals surface area contributed by atoms with Gasteiger partial charge in [0.15, 0.2) is 0 Å². The van der Waals surface area contributed by atoms with E-state index in [1.165, 1.54) is 6.07 Å². The molecule has 0 aliphatic heterocycles. The number of primary sulfonamides is 1. The van der Waals surface area contributed by atoms with Crippen LogP contribution in [0.4, 0.5) is 11.4 Å². The highest BCUT2D eigenvalue weighted by molar-refractivity contribution is 7.89. The number of nitrogen functional groups attached to an aromatic ring is 1. The Bertz CT molecular complexity index is 503. The van der Waals surface area contributed by atoms with E-state index in [0.29, 0.717) is 12.2 Å². The Morgan fingerprint density at radius 1 is 1.16 bits per heavy atom. The monoisotopic (exact) mass is 287 g/mol. The third-order valence-corrected chi connectivity index (χ3v) is 3.74. The molecule has 0 aliphatic carbocycles. The number of para-hydroxylation sites is 1. The molecule has 0 heterocycles. The number of aliphatic hydroxyl groups is 1. The van der Waals surface area contributed by atoms with E-state index in [-0.39, 0.29) is 17.2 Å². The number of nitrogens with two attached hydrogens (primary N) is 2. The summed E-state index contributed by atoms with van der Waals surface area (Å²) in [5.41, 5.74) is 6.51. The molecule has 1 rings (SSSR count). The third-order valence-electron chi connectivity index (χ3n) is 2.77. The minimum atomic E-state index is -3.79. The lowest BCUT2D eigenvalue weighted by molar-refractivity contribution is 0.283. The normalized spacial score (nSPS) is 11.5. The number of nitrogens with one attached hydrogen (secondary N) is 1. The second-order valence-electron chi connectivity index (χ2n) is 4.33. The molecule has 0 radical (unpaired) electrons. The van der Waals surface area contributed by atoms with Crippen molar-refractivity contribution in [1.29, 1.82) is 0 Å². The molecule has 1 aromatic rings. The molecule has 7 heteroatoms. The molecule has 0 amide bonds. The zero-order chi connectivity index (χ0) is 14.3. The largest absolute Gasteiger partial charge is 0.396 e. The number of rotatable bonds is 8. The molecule has 6 N–H and O–H groups in total. The molecular weight excluding hydrogens is 266 g/mol. The first-order valence-electron chi connectivity index (χ1n) is 6.23. The van der Waals surface area contributed by atoms with Gasteiger partial charge in [0.1, 0.15) is 4.90 Å². The Kier molecular flexibility index (Phi) is 6.07. The van der Waals surface area contributed by atoms with Crippen LogP contribution in [0.5, 0.6) is 0 Å². The van der Waals surface area contributed by atoms with Gasteiger partial charge in [-0.1, -0.05) is 18.9 Å². The number of hydrogen-bond acceptors (Lipinski definition) is 5. The van der Waals surface area contributed by atoms with Crippen LogP contribution in [0.2, 0.25) is 0 Å². The van der Waals surface area contributed by atoms with Crippen molar-refractivity contribution < 1.29 is 13.5 Å². The first-order chi connectivity index (χ1) is 8.96. The highest BCUT2D eigenvalue weighted by atomic mass is 32.2. The maximum absolute atomic E-state index is 11.3. The molecular formula is C12H21N3O3S. The minimum Gasteiger partial charge on any atom is -0.396 e. The van der Waals surface area contributed by atoms with Gasteiger partial charge in [-0.2, -0.15) is 0 Å². The van der Waals surface area contributed by atoms with Crippen molar-refractivity contribution >= 4 is 21.4 Å². The van der Waals surface area contributed by atoms with Crippen LogP contribution in [0.3, 0.4) is 0 Å². The molecule has 0 unspecified atom stereocenters. The summed E-state index contributed by atoms with van der Waals surface area (Å²) in [5, 5.41) is 16.8. The van der Waals surface area contributed by atoms with Crippen molar-refractivity contribution in [2.24, 2.45) is 5.14 Å². The number of anilines is 2. The van der Waals surface area contributed by atoms with Gasteiger partial charge in [0.25, 0.3) is 0 Å². The Balaban J connectivity index is 2.56. The zero-order valence-corrected chi connectivity index (χ0v) is 11.6. The SMILES string of the molecule is Nc1c(NCCCCCCO)cccc1S(N)(=O)=O. The Hall–Kier alpha value is -1.31. The molecule has 1 aromatic carbocycles. The van der Waals surface area contributed by atoms with Gasteiger partial charge in [0.05, 0.1) is 11.4 Å². The summed E-state index contributed by atoms with van der Waals surface area (Å²) in [7, 11) is -3.79. The molecule has 0 saturated carbocycles.